The summed E-state index contributed by atoms with van der Waals surface area (Å²) in [6.45, 7) is 1.42. The standard InChI is InChI=1S/C12H13Cl2NO3S/c1-7(12(17)18)15-11(16)6-19-5-8-2-3-9(13)4-10(8)14/h2-4,7H,5-6H2,1H3,(H,15,16)(H,17,18)/t7-/m0/s1. The number of hydrogen-bond donors (Lipinski definition) is 2. The van der Waals surface area contributed by atoms with E-state index in [1.807, 2.05) is 0 Å². The molecule has 1 rings (SSSR count). The van der Waals surface area contributed by atoms with Crippen molar-refractivity contribution >= 4 is 46.8 Å². The Labute approximate surface area is 125 Å². The first-order valence-electron chi connectivity index (χ1n) is 5.44. The second-order valence-electron chi connectivity index (χ2n) is 3.86. The lowest BCUT2D eigenvalue weighted by molar-refractivity contribution is -0.140. The van der Waals surface area contributed by atoms with Crippen molar-refractivity contribution in [3.05, 3.63) is 33.8 Å². The predicted molar refractivity (Wildman–Crippen MR) is 77.9 cm³/mol. The molecule has 0 bridgehead atoms. The fraction of sp³-hybridized carbons (Fsp3) is 0.333. The highest BCUT2D eigenvalue weighted by Gasteiger charge is 2.13. The van der Waals surface area contributed by atoms with Crippen molar-refractivity contribution in [2.24, 2.45) is 0 Å². The zero-order valence-electron chi connectivity index (χ0n) is 10.2. The van der Waals surface area contributed by atoms with Crippen molar-refractivity contribution in [1.82, 2.24) is 5.32 Å². The van der Waals surface area contributed by atoms with Crippen LogP contribution in [0.4, 0.5) is 0 Å². The van der Waals surface area contributed by atoms with E-state index < -0.39 is 12.0 Å². The summed E-state index contributed by atoms with van der Waals surface area (Å²) in [6.07, 6.45) is 0. The average Bonchev–Trinajstić information content (AvgIpc) is 2.31. The van der Waals surface area contributed by atoms with Crippen LogP contribution in [0, 0.1) is 0 Å². The van der Waals surface area contributed by atoms with E-state index in [1.54, 1.807) is 18.2 Å². The highest BCUT2D eigenvalue weighted by molar-refractivity contribution is 7.99. The molecule has 0 aliphatic rings. The number of hydrogen-bond acceptors (Lipinski definition) is 3. The summed E-state index contributed by atoms with van der Waals surface area (Å²) in [5.74, 6) is -0.634. The molecular formula is C12H13Cl2NO3S. The maximum absolute atomic E-state index is 11.4. The minimum Gasteiger partial charge on any atom is -0.480 e. The molecule has 2 N–H and O–H groups in total. The first-order chi connectivity index (χ1) is 8.90. The first-order valence-corrected chi connectivity index (χ1v) is 7.35. The molecule has 0 saturated heterocycles. The largest absolute Gasteiger partial charge is 0.480 e. The molecule has 0 spiro atoms. The summed E-state index contributed by atoms with van der Waals surface area (Å²) in [7, 11) is 0. The fourth-order valence-electron chi connectivity index (χ4n) is 1.24. The number of carboxylic acid groups (broad SMARTS) is 1. The van der Waals surface area contributed by atoms with E-state index >= 15 is 0 Å². The van der Waals surface area contributed by atoms with Crippen LogP contribution in [-0.4, -0.2) is 28.8 Å². The van der Waals surface area contributed by atoms with Gasteiger partial charge in [0, 0.05) is 15.8 Å². The summed E-state index contributed by atoms with van der Waals surface area (Å²) in [5, 5.41) is 12.1. The Hall–Kier alpha value is -0.910. The number of benzene rings is 1. The molecule has 0 fully saturated rings. The van der Waals surface area contributed by atoms with Gasteiger partial charge in [0.25, 0.3) is 0 Å². The molecule has 0 aliphatic heterocycles. The van der Waals surface area contributed by atoms with Gasteiger partial charge in [-0.2, -0.15) is 0 Å². The van der Waals surface area contributed by atoms with Crippen LogP contribution in [0.1, 0.15) is 12.5 Å². The molecule has 19 heavy (non-hydrogen) atoms. The number of aliphatic carboxylic acids is 1. The molecular weight excluding hydrogens is 309 g/mol. The van der Waals surface area contributed by atoms with Crippen LogP contribution < -0.4 is 5.32 Å². The number of carboxylic acids is 1. The monoisotopic (exact) mass is 321 g/mol. The molecule has 1 aromatic carbocycles. The molecule has 0 aromatic heterocycles. The quantitative estimate of drug-likeness (QED) is 0.845. The molecule has 0 heterocycles. The van der Waals surface area contributed by atoms with Crippen LogP contribution in [0.2, 0.25) is 10.0 Å². The normalized spacial score (nSPS) is 11.9. The second kappa shape index (κ2) is 7.62. The van der Waals surface area contributed by atoms with Gasteiger partial charge in [-0.25, -0.2) is 0 Å². The van der Waals surface area contributed by atoms with E-state index in [-0.39, 0.29) is 11.7 Å². The maximum atomic E-state index is 11.4. The third-order valence-electron chi connectivity index (χ3n) is 2.25. The highest BCUT2D eigenvalue weighted by atomic mass is 35.5. The number of halogens is 2. The minimum atomic E-state index is -1.06. The van der Waals surface area contributed by atoms with E-state index in [4.69, 9.17) is 28.3 Å². The van der Waals surface area contributed by atoms with Crippen molar-refractivity contribution in [3.63, 3.8) is 0 Å². The summed E-state index contributed by atoms with van der Waals surface area (Å²) < 4.78 is 0. The SMILES string of the molecule is C[C@H](NC(=O)CSCc1ccc(Cl)cc1Cl)C(=O)O. The Morgan fingerprint density at radius 3 is 2.68 bits per heavy atom. The van der Waals surface area contributed by atoms with E-state index in [2.05, 4.69) is 5.32 Å². The molecule has 4 nitrogen and oxygen atoms in total. The topological polar surface area (TPSA) is 66.4 Å². The third kappa shape index (κ3) is 5.72. The third-order valence-corrected chi connectivity index (χ3v) is 3.82. The highest BCUT2D eigenvalue weighted by Crippen LogP contribution is 2.24. The van der Waals surface area contributed by atoms with Gasteiger partial charge in [-0.1, -0.05) is 29.3 Å². The van der Waals surface area contributed by atoms with Gasteiger partial charge in [-0.3, -0.25) is 9.59 Å². The number of carbonyl (C=O) groups is 2. The van der Waals surface area contributed by atoms with Gasteiger partial charge in [-0.05, 0) is 24.6 Å². The van der Waals surface area contributed by atoms with Crippen molar-refractivity contribution in [2.45, 2.75) is 18.7 Å². The van der Waals surface area contributed by atoms with Crippen LogP contribution >= 0.6 is 35.0 Å². The molecule has 1 amide bonds. The molecule has 0 radical (unpaired) electrons. The van der Waals surface area contributed by atoms with Crippen molar-refractivity contribution < 1.29 is 14.7 Å². The summed E-state index contributed by atoms with van der Waals surface area (Å²) in [5.41, 5.74) is 0.884. The summed E-state index contributed by atoms with van der Waals surface area (Å²) in [6, 6.07) is 4.30. The first kappa shape index (κ1) is 16.1. The lowest BCUT2D eigenvalue weighted by atomic mass is 10.2. The number of rotatable bonds is 6. The molecule has 7 heteroatoms. The lowest BCUT2D eigenvalue weighted by Gasteiger charge is -2.09. The van der Waals surface area contributed by atoms with Gasteiger partial charge in [0.2, 0.25) is 5.91 Å². The number of amides is 1. The minimum absolute atomic E-state index is 0.177. The molecule has 0 unspecified atom stereocenters. The Morgan fingerprint density at radius 1 is 1.42 bits per heavy atom. The molecule has 1 aromatic rings. The Bertz CT molecular complexity index is 482. The van der Waals surface area contributed by atoms with E-state index in [0.717, 1.165) is 5.56 Å². The van der Waals surface area contributed by atoms with Gasteiger partial charge in [0.1, 0.15) is 6.04 Å². The van der Waals surface area contributed by atoms with Crippen LogP contribution in [0.3, 0.4) is 0 Å². The predicted octanol–water partition coefficient (Wildman–Crippen LogP) is 2.82. The zero-order chi connectivity index (χ0) is 14.4. The summed E-state index contributed by atoms with van der Waals surface area (Å²) in [4.78, 5) is 22.0. The molecule has 104 valence electrons. The van der Waals surface area contributed by atoms with Crippen molar-refractivity contribution in [2.75, 3.05) is 5.75 Å². The smallest absolute Gasteiger partial charge is 0.325 e. The molecule has 0 saturated carbocycles. The van der Waals surface area contributed by atoms with Crippen LogP contribution in [0.25, 0.3) is 0 Å². The number of thioether (sulfide) groups is 1. The maximum Gasteiger partial charge on any atom is 0.325 e. The number of nitrogens with one attached hydrogen (secondary N) is 1. The molecule has 0 aliphatic carbocycles. The van der Waals surface area contributed by atoms with Gasteiger partial charge in [-0.15, -0.1) is 11.8 Å². The van der Waals surface area contributed by atoms with Gasteiger partial charge in [0.15, 0.2) is 0 Å². The Kier molecular flexibility index (Phi) is 6.48. The van der Waals surface area contributed by atoms with Crippen molar-refractivity contribution in [1.29, 1.82) is 0 Å². The van der Waals surface area contributed by atoms with Crippen molar-refractivity contribution in [3.8, 4) is 0 Å². The second-order valence-corrected chi connectivity index (χ2v) is 5.69. The lowest BCUT2D eigenvalue weighted by Crippen LogP contribution is -2.39. The summed E-state index contributed by atoms with van der Waals surface area (Å²) >= 11 is 13.1. The molecule has 1 atom stereocenters. The van der Waals surface area contributed by atoms with Crippen LogP contribution in [0.15, 0.2) is 18.2 Å². The average molecular weight is 322 g/mol. The Morgan fingerprint density at radius 2 is 2.11 bits per heavy atom. The van der Waals surface area contributed by atoms with Gasteiger partial charge < -0.3 is 10.4 Å². The fourth-order valence-corrected chi connectivity index (χ4v) is 2.63. The number of carbonyl (C=O) groups excluding carboxylic acids is 1. The Balaban J connectivity index is 2.38. The van der Waals surface area contributed by atoms with Gasteiger partial charge >= 0.3 is 5.97 Å². The van der Waals surface area contributed by atoms with Gasteiger partial charge in [0.05, 0.1) is 5.75 Å². The van der Waals surface area contributed by atoms with E-state index in [1.165, 1.54) is 18.7 Å². The van der Waals surface area contributed by atoms with E-state index in [9.17, 15) is 9.59 Å². The van der Waals surface area contributed by atoms with E-state index in [0.29, 0.717) is 15.8 Å². The zero-order valence-corrected chi connectivity index (χ0v) is 12.5. The van der Waals surface area contributed by atoms with Crippen LogP contribution in [-0.2, 0) is 15.3 Å². The van der Waals surface area contributed by atoms with Crippen LogP contribution in [0.5, 0.6) is 0 Å².